The third kappa shape index (κ3) is 4.03. The first kappa shape index (κ1) is 17.1. The molecule has 1 N–H and O–H groups in total. The number of hydrogen-bond donors (Lipinski definition) is 1. The van der Waals surface area contributed by atoms with Crippen LogP contribution < -0.4 is 4.72 Å². The number of sulfonamides is 1. The highest BCUT2D eigenvalue weighted by atomic mass is 32.2. The Balaban J connectivity index is 1.84. The van der Waals surface area contributed by atoms with Crippen LogP contribution in [0.4, 0.5) is 10.2 Å². The number of anilines is 1. The molecule has 25 heavy (non-hydrogen) atoms. The van der Waals surface area contributed by atoms with Crippen molar-refractivity contribution in [2.75, 3.05) is 4.72 Å². The largest absolute Gasteiger partial charge is 0.267 e. The molecule has 0 aliphatic heterocycles. The Hall–Kier alpha value is -2.74. The van der Waals surface area contributed by atoms with E-state index in [0.29, 0.717) is 16.9 Å². The van der Waals surface area contributed by atoms with Crippen LogP contribution in [0, 0.1) is 19.7 Å². The van der Waals surface area contributed by atoms with Crippen LogP contribution in [-0.4, -0.2) is 23.2 Å². The van der Waals surface area contributed by atoms with E-state index in [4.69, 9.17) is 0 Å². The zero-order valence-electron chi connectivity index (χ0n) is 13.8. The van der Waals surface area contributed by atoms with Gasteiger partial charge in [-0.1, -0.05) is 12.1 Å². The van der Waals surface area contributed by atoms with Gasteiger partial charge in [-0.2, -0.15) is 9.78 Å². The number of aryl methyl sites for hydroxylation is 2. The maximum Gasteiger partial charge on any atom is 0.238 e. The number of rotatable bonds is 5. The molecule has 0 amide bonds. The summed E-state index contributed by atoms with van der Waals surface area (Å²) in [5.74, 6) is 0.00727. The first-order valence-electron chi connectivity index (χ1n) is 7.57. The van der Waals surface area contributed by atoms with Crippen molar-refractivity contribution in [1.29, 1.82) is 0 Å². The highest BCUT2D eigenvalue weighted by Gasteiger charge is 2.16. The van der Waals surface area contributed by atoms with E-state index in [2.05, 4.69) is 14.8 Å². The predicted octanol–water partition coefficient (Wildman–Crippen LogP) is 2.97. The summed E-state index contributed by atoms with van der Waals surface area (Å²) in [5, 5.41) is 4.11. The van der Waals surface area contributed by atoms with Crippen molar-refractivity contribution >= 4 is 15.8 Å². The van der Waals surface area contributed by atoms with Crippen LogP contribution in [-0.2, 0) is 15.8 Å². The lowest BCUT2D eigenvalue weighted by atomic mass is 10.2. The molecule has 3 aromatic rings. The average Bonchev–Trinajstić information content (AvgIpc) is 2.98. The Morgan fingerprint density at radius 1 is 1.12 bits per heavy atom. The molecule has 130 valence electrons. The topological polar surface area (TPSA) is 76.9 Å². The fourth-order valence-electron chi connectivity index (χ4n) is 2.34. The van der Waals surface area contributed by atoms with Gasteiger partial charge >= 0.3 is 0 Å². The van der Waals surface area contributed by atoms with Crippen molar-refractivity contribution in [3.8, 4) is 5.82 Å². The van der Waals surface area contributed by atoms with E-state index in [1.807, 2.05) is 13.0 Å². The molecule has 0 unspecified atom stereocenters. The molecule has 0 spiro atoms. The maximum absolute atomic E-state index is 13.6. The van der Waals surface area contributed by atoms with Gasteiger partial charge in [0.2, 0.25) is 10.0 Å². The maximum atomic E-state index is 13.6. The quantitative estimate of drug-likeness (QED) is 0.759. The normalized spacial score (nSPS) is 11.5. The summed E-state index contributed by atoms with van der Waals surface area (Å²) in [7, 11) is -3.73. The minimum absolute atomic E-state index is 0.269. The monoisotopic (exact) mass is 360 g/mol. The molecule has 2 heterocycles. The molecule has 6 nitrogen and oxygen atoms in total. The molecular weight excluding hydrogens is 343 g/mol. The van der Waals surface area contributed by atoms with Gasteiger partial charge in [0.25, 0.3) is 0 Å². The van der Waals surface area contributed by atoms with Crippen LogP contribution in [0.3, 0.4) is 0 Å². The minimum atomic E-state index is -3.73. The van der Waals surface area contributed by atoms with Gasteiger partial charge in [-0.25, -0.2) is 17.8 Å². The van der Waals surface area contributed by atoms with Gasteiger partial charge in [0, 0.05) is 12.3 Å². The number of halogens is 1. The van der Waals surface area contributed by atoms with Gasteiger partial charge in [-0.15, -0.1) is 0 Å². The van der Waals surface area contributed by atoms with E-state index in [-0.39, 0.29) is 11.6 Å². The van der Waals surface area contributed by atoms with Gasteiger partial charge in [0.15, 0.2) is 5.82 Å². The molecule has 2 aromatic heterocycles. The SMILES string of the molecule is Cc1ccnc(-n2nccc2NS(=O)(=O)Cc2ccc(C)c(F)c2)c1. The number of nitrogens with one attached hydrogen (secondary N) is 1. The molecule has 0 radical (unpaired) electrons. The number of nitrogens with zero attached hydrogens (tertiary/aromatic N) is 3. The number of pyridine rings is 1. The second-order valence-corrected chi connectivity index (χ2v) is 7.49. The third-order valence-corrected chi connectivity index (χ3v) is 4.85. The van der Waals surface area contributed by atoms with Gasteiger partial charge in [0.1, 0.15) is 11.6 Å². The highest BCUT2D eigenvalue weighted by Crippen LogP contribution is 2.18. The minimum Gasteiger partial charge on any atom is -0.267 e. The molecule has 1 aromatic carbocycles. The summed E-state index contributed by atoms with van der Waals surface area (Å²) < 4.78 is 42.3. The molecule has 3 rings (SSSR count). The Morgan fingerprint density at radius 3 is 2.64 bits per heavy atom. The average molecular weight is 360 g/mol. The summed E-state index contributed by atoms with van der Waals surface area (Å²) in [6.45, 7) is 3.53. The second-order valence-electron chi connectivity index (χ2n) is 5.76. The van der Waals surface area contributed by atoms with E-state index in [1.54, 1.807) is 31.3 Å². The standard InChI is InChI=1S/C17H17FN4O2S/c1-12-5-7-19-17(9-12)22-16(6-8-20-22)21-25(23,24)11-14-4-3-13(2)15(18)10-14/h3-10,21H,11H2,1-2H3. The smallest absolute Gasteiger partial charge is 0.238 e. The van der Waals surface area contributed by atoms with Crippen molar-refractivity contribution < 1.29 is 12.8 Å². The third-order valence-electron chi connectivity index (χ3n) is 3.61. The Labute approximate surface area is 145 Å². The molecule has 0 fully saturated rings. The summed E-state index contributed by atoms with van der Waals surface area (Å²) in [5.41, 5.74) is 1.82. The van der Waals surface area contributed by atoms with Crippen molar-refractivity contribution in [2.45, 2.75) is 19.6 Å². The first-order valence-corrected chi connectivity index (χ1v) is 9.22. The molecule has 0 bridgehead atoms. The van der Waals surface area contributed by atoms with Crippen LogP contribution in [0.25, 0.3) is 5.82 Å². The Morgan fingerprint density at radius 2 is 1.92 bits per heavy atom. The van der Waals surface area contributed by atoms with Crippen LogP contribution in [0.5, 0.6) is 0 Å². The van der Waals surface area contributed by atoms with E-state index >= 15 is 0 Å². The summed E-state index contributed by atoms with van der Waals surface area (Å²) >= 11 is 0. The summed E-state index contributed by atoms with van der Waals surface area (Å²) in [6.07, 6.45) is 3.10. The lowest BCUT2D eigenvalue weighted by Crippen LogP contribution is -2.18. The molecule has 0 atom stereocenters. The fraction of sp³-hybridized carbons (Fsp3) is 0.176. The van der Waals surface area contributed by atoms with E-state index in [1.165, 1.54) is 23.0 Å². The van der Waals surface area contributed by atoms with E-state index < -0.39 is 15.8 Å². The van der Waals surface area contributed by atoms with E-state index in [9.17, 15) is 12.8 Å². The van der Waals surface area contributed by atoms with Gasteiger partial charge in [-0.05, 0) is 48.7 Å². The van der Waals surface area contributed by atoms with E-state index in [0.717, 1.165) is 5.56 Å². The van der Waals surface area contributed by atoms with Crippen LogP contribution in [0.1, 0.15) is 16.7 Å². The molecule has 0 aliphatic carbocycles. The molecule has 0 aliphatic rings. The van der Waals surface area contributed by atoms with Gasteiger partial charge < -0.3 is 0 Å². The van der Waals surface area contributed by atoms with Crippen molar-refractivity contribution in [3.05, 3.63) is 71.3 Å². The molecule has 8 heteroatoms. The van der Waals surface area contributed by atoms with Crippen molar-refractivity contribution in [2.24, 2.45) is 0 Å². The van der Waals surface area contributed by atoms with Crippen LogP contribution in [0.15, 0.2) is 48.8 Å². The lowest BCUT2D eigenvalue weighted by Gasteiger charge is -2.11. The molecule has 0 saturated carbocycles. The van der Waals surface area contributed by atoms with Crippen molar-refractivity contribution in [3.63, 3.8) is 0 Å². The molecular formula is C17H17FN4O2S. The Bertz CT molecular complexity index is 1010. The number of benzene rings is 1. The van der Waals surface area contributed by atoms with Gasteiger partial charge in [0.05, 0.1) is 11.9 Å². The number of hydrogen-bond acceptors (Lipinski definition) is 4. The molecule has 0 saturated heterocycles. The summed E-state index contributed by atoms with van der Waals surface area (Å²) in [6, 6.07) is 9.55. The second kappa shape index (κ2) is 6.64. The van der Waals surface area contributed by atoms with Crippen LogP contribution in [0.2, 0.25) is 0 Å². The fourth-order valence-corrected chi connectivity index (χ4v) is 3.50. The zero-order valence-corrected chi connectivity index (χ0v) is 14.6. The number of aromatic nitrogens is 3. The predicted molar refractivity (Wildman–Crippen MR) is 93.5 cm³/mol. The van der Waals surface area contributed by atoms with Crippen molar-refractivity contribution in [1.82, 2.24) is 14.8 Å². The highest BCUT2D eigenvalue weighted by molar-refractivity contribution is 7.91. The Kier molecular flexibility index (Phi) is 4.54. The summed E-state index contributed by atoms with van der Waals surface area (Å²) in [4.78, 5) is 4.19. The van der Waals surface area contributed by atoms with Gasteiger partial charge in [-0.3, -0.25) is 4.72 Å². The lowest BCUT2D eigenvalue weighted by molar-refractivity contribution is 0.598. The van der Waals surface area contributed by atoms with Crippen LogP contribution >= 0.6 is 0 Å². The first-order chi connectivity index (χ1) is 11.8. The zero-order chi connectivity index (χ0) is 18.0.